The average molecular weight is 454 g/mol. The molecule has 1 atom stereocenters. The van der Waals surface area contributed by atoms with E-state index in [-0.39, 0.29) is 23.3 Å². The molecule has 0 N–H and O–H groups in total. The van der Waals surface area contributed by atoms with Crippen LogP contribution < -0.4 is 9.47 Å². The third-order valence-corrected chi connectivity index (χ3v) is 8.33. The first-order valence-corrected chi connectivity index (χ1v) is 12.8. The molecule has 2 aromatic rings. The van der Waals surface area contributed by atoms with Crippen molar-refractivity contribution in [1.29, 1.82) is 0 Å². The number of sulfone groups is 1. The molecule has 3 heterocycles. The fourth-order valence-electron chi connectivity index (χ4n) is 4.67. The van der Waals surface area contributed by atoms with Crippen molar-refractivity contribution in [2.24, 2.45) is 0 Å². The normalized spacial score (nSPS) is 23.2. The van der Waals surface area contributed by atoms with Crippen LogP contribution in [0.15, 0.2) is 36.1 Å². The third kappa shape index (κ3) is 3.73. The van der Waals surface area contributed by atoms with Crippen molar-refractivity contribution in [2.75, 3.05) is 18.2 Å². The molecule has 1 unspecified atom stereocenters. The second kappa shape index (κ2) is 7.74. The Kier molecular flexibility index (Phi) is 5.13. The van der Waals surface area contributed by atoms with Crippen LogP contribution in [-0.2, 0) is 16.4 Å². The molecule has 0 bridgehead atoms. The van der Waals surface area contributed by atoms with Gasteiger partial charge in [0.15, 0.2) is 15.6 Å². The molecule has 2 aromatic carbocycles. The van der Waals surface area contributed by atoms with Gasteiger partial charge in [-0.1, -0.05) is 38.1 Å². The molecule has 3 aliphatic rings. The molecule has 7 heteroatoms. The first-order valence-electron chi connectivity index (χ1n) is 11.0. The molecule has 0 spiro atoms. The number of aryl methyl sites for hydroxylation is 1. The van der Waals surface area contributed by atoms with E-state index in [1.807, 2.05) is 30.0 Å². The summed E-state index contributed by atoms with van der Waals surface area (Å²) >= 11 is 0. The highest BCUT2D eigenvalue weighted by atomic mass is 32.2. The quantitative estimate of drug-likeness (QED) is 0.653. The Morgan fingerprint density at radius 1 is 1.19 bits per heavy atom. The van der Waals surface area contributed by atoms with E-state index in [0.29, 0.717) is 48.4 Å². The number of ether oxygens (including phenoxy) is 2. The number of allylic oxidation sites excluding steroid dienone is 1. The van der Waals surface area contributed by atoms with Crippen LogP contribution in [0.4, 0.5) is 0 Å². The van der Waals surface area contributed by atoms with Gasteiger partial charge in [-0.2, -0.15) is 0 Å². The first kappa shape index (κ1) is 21.2. The van der Waals surface area contributed by atoms with E-state index in [1.165, 1.54) is 5.56 Å². The summed E-state index contributed by atoms with van der Waals surface area (Å²) in [7, 11) is -2.99. The van der Waals surface area contributed by atoms with Crippen LogP contribution in [-0.4, -0.2) is 43.4 Å². The third-order valence-electron chi connectivity index (χ3n) is 6.58. The smallest absolute Gasteiger partial charge is 0.232 e. The van der Waals surface area contributed by atoms with Gasteiger partial charge in [-0.15, -0.1) is 0 Å². The van der Waals surface area contributed by atoms with Gasteiger partial charge in [0.05, 0.1) is 22.6 Å². The van der Waals surface area contributed by atoms with Crippen molar-refractivity contribution >= 4 is 21.7 Å². The monoisotopic (exact) mass is 453 g/mol. The topological polar surface area (TPSA) is 72.9 Å². The second-order valence-corrected chi connectivity index (χ2v) is 11.4. The number of carbonyl (C=O) groups is 1. The van der Waals surface area contributed by atoms with Crippen LogP contribution >= 0.6 is 0 Å². The van der Waals surface area contributed by atoms with Crippen molar-refractivity contribution in [3.8, 4) is 11.5 Å². The summed E-state index contributed by atoms with van der Waals surface area (Å²) in [6.07, 6.45) is 2.38. The molecule has 1 fully saturated rings. The van der Waals surface area contributed by atoms with Gasteiger partial charge in [0.2, 0.25) is 5.78 Å². The van der Waals surface area contributed by atoms with Crippen LogP contribution in [0.25, 0.3) is 6.08 Å². The highest BCUT2D eigenvalue weighted by molar-refractivity contribution is 7.91. The Bertz CT molecular complexity index is 1230. The van der Waals surface area contributed by atoms with Crippen molar-refractivity contribution < 1.29 is 22.7 Å². The predicted molar refractivity (Wildman–Crippen MR) is 123 cm³/mol. The lowest BCUT2D eigenvalue weighted by atomic mass is 9.98. The van der Waals surface area contributed by atoms with Crippen molar-refractivity contribution in [3.63, 3.8) is 0 Å². The number of hydrogen-bond acceptors (Lipinski definition) is 6. The number of fused-ring (bicyclic) bond motifs is 3. The minimum absolute atomic E-state index is 0.0725. The molecular weight excluding hydrogens is 426 g/mol. The van der Waals surface area contributed by atoms with Gasteiger partial charge in [-0.05, 0) is 48.1 Å². The summed E-state index contributed by atoms with van der Waals surface area (Å²) in [4.78, 5) is 15.2. The molecule has 0 aromatic heterocycles. The number of nitrogens with zero attached hydrogens (tertiary/aromatic N) is 1. The number of benzene rings is 2. The van der Waals surface area contributed by atoms with Crippen LogP contribution in [0.2, 0.25) is 0 Å². The van der Waals surface area contributed by atoms with Gasteiger partial charge in [-0.25, -0.2) is 8.42 Å². The Hall–Kier alpha value is -2.64. The molecule has 0 saturated carbocycles. The number of Topliss-reactive ketones (excluding diaryl/α,β-unsaturated/α-hetero) is 1. The summed E-state index contributed by atoms with van der Waals surface area (Å²) in [6, 6.07) is 9.94. The second-order valence-electron chi connectivity index (χ2n) is 9.21. The summed E-state index contributed by atoms with van der Waals surface area (Å²) in [5, 5.41) is 0. The van der Waals surface area contributed by atoms with Gasteiger partial charge in [-0.3, -0.25) is 9.69 Å². The lowest BCUT2D eigenvalue weighted by Crippen LogP contribution is -2.41. The molecule has 0 aliphatic carbocycles. The molecule has 168 valence electrons. The highest BCUT2D eigenvalue weighted by Gasteiger charge is 2.39. The maximum absolute atomic E-state index is 13.2. The van der Waals surface area contributed by atoms with Crippen LogP contribution in [0.3, 0.4) is 0 Å². The zero-order chi connectivity index (χ0) is 22.6. The molecule has 0 radical (unpaired) electrons. The Balaban J connectivity index is 1.45. The van der Waals surface area contributed by atoms with E-state index in [9.17, 15) is 13.2 Å². The minimum atomic E-state index is -2.99. The van der Waals surface area contributed by atoms with Gasteiger partial charge in [0.1, 0.15) is 18.2 Å². The number of carbonyl (C=O) groups excluding carboxylic acids is 1. The zero-order valence-corrected chi connectivity index (χ0v) is 19.4. The van der Waals surface area contributed by atoms with E-state index in [2.05, 4.69) is 26.0 Å². The lowest BCUT2D eigenvalue weighted by molar-refractivity contribution is 0.0633. The predicted octanol–water partition coefficient (Wildman–Crippen LogP) is 4.07. The van der Waals surface area contributed by atoms with Gasteiger partial charge in [0.25, 0.3) is 0 Å². The summed E-state index contributed by atoms with van der Waals surface area (Å²) < 4.78 is 36.0. The molecule has 0 amide bonds. The number of rotatable bonds is 3. The molecule has 6 nitrogen and oxygen atoms in total. The fraction of sp³-hybridized carbons (Fsp3) is 0.400. The van der Waals surface area contributed by atoms with E-state index in [4.69, 9.17) is 9.47 Å². The van der Waals surface area contributed by atoms with Crippen molar-refractivity contribution in [1.82, 2.24) is 4.90 Å². The largest absolute Gasteiger partial charge is 0.478 e. The number of ketones is 1. The van der Waals surface area contributed by atoms with E-state index in [1.54, 1.807) is 6.08 Å². The SMILES string of the molecule is Cc1cc2c(c3c1C(=O)/C(=C/c1ccc(C(C)C)cc1)O3)CN(C1CCS(=O)(=O)C1)CO2. The van der Waals surface area contributed by atoms with E-state index in [0.717, 1.165) is 16.7 Å². The van der Waals surface area contributed by atoms with Gasteiger partial charge in [0, 0.05) is 12.6 Å². The molecular formula is C25H27NO5S. The van der Waals surface area contributed by atoms with E-state index >= 15 is 0 Å². The Labute approximate surface area is 188 Å². The van der Waals surface area contributed by atoms with Gasteiger partial charge >= 0.3 is 0 Å². The first-order chi connectivity index (χ1) is 15.2. The highest BCUT2D eigenvalue weighted by Crippen LogP contribution is 2.44. The Morgan fingerprint density at radius 3 is 2.59 bits per heavy atom. The minimum Gasteiger partial charge on any atom is -0.478 e. The molecule has 32 heavy (non-hydrogen) atoms. The molecule has 3 aliphatic heterocycles. The van der Waals surface area contributed by atoms with Crippen LogP contribution in [0.1, 0.15) is 58.8 Å². The maximum atomic E-state index is 13.2. The summed E-state index contributed by atoms with van der Waals surface area (Å²) in [5.74, 6) is 2.22. The van der Waals surface area contributed by atoms with Crippen LogP contribution in [0.5, 0.6) is 11.5 Å². The van der Waals surface area contributed by atoms with Gasteiger partial charge < -0.3 is 9.47 Å². The number of hydrogen-bond donors (Lipinski definition) is 0. The fourth-order valence-corrected chi connectivity index (χ4v) is 6.43. The average Bonchev–Trinajstić information content (AvgIpc) is 3.28. The summed E-state index contributed by atoms with van der Waals surface area (Å²) in [6.45, 7) is 7.02. The summed E-state index contributed by atoms with van der Waals surface area (Å²) in [5.41, 5.74) is 4.35. The Morgan fingerprint density at radius 2 is 1.94 bits per heavy atom. The van der Waals surface area contributed by atoms with Crippen molar-refractivity contribution in [2.45, 2.75) is 45.7 Å². The lowest BCUT2D eigenvalue weighted by Gasteiger charge is -2.33. The standard InChI is InChI=1S/C25H27NO5S/c1-15(2)18-6-4-17(5-7-18)11-22-24(27)23-16(3)10-21-20(25(23)31-22)12-26(14-30-21)19-8-9-32(28,29)13-19/h4-7,10-11,15,19H,8-9,12-14H2,1-3H3/b22-11-. The molecule has 1 saturated heterocycles. The maximum Gasteiger partial charge on any atom is 0.232 e. The zero-order valence-electron chi connectivity index (χ0n) is 18.6. The van der Waals surface area contributed by atoms with E-state index < -0.39 is 9.84 Å². The van der Waals surface area contributed by atoms with Crippen LogP contribution in [0, 0.1) is 6.92 Å². The molecule has 5 rings (SSSR count). The van der Waals surface area contributed by atoms with Crippen molar-refractivity contribution in [3.05, 3.63) is 63.9 Å².